The number of rotatable bonds is 3. The monoisotopic (exact) mass is 376 g/mol. The summed E-state index contributed by atoms with van der Waals surface area (Å²) in [6, 6.07) is 18.6. The number of hydrazine groups is 1. The minimum absolute atomic E-state index is 0.366. The van der Waals surface area contributed by atoms with Gasteiger partial charge in [-0.05, 0) is 19.1 Å². The standard InChI is InChI=1S/C20H16N4O2S/c1-13-17(19(26)23-22-18(25)15-10-6-3-7-11-15)27-20-21-16(12-24(13)20)14-8-4-2-5-9-14/h2-12H,1H3,(H,22,25)(H,23,26). The Morgan fingerprint density at radius 1 is 0.926 bits per heavy atom. The molecule has 7 heteroatoms. The second-order valence-electron chi connectivity index (χ2n) is 5.94. The van der Waals surface area contributed by atoms with Crippen LogP contribution in [-0.4, -0.2) is 21.2 Å². The highest BCUT2D eigenvalue weighted by atomic mass is 32.1. The summed E-state index contributed by atoms with van der Waals surface area (Å²) >= 11 is 1.28. The quantitative estimate of drug-likeness (QED) is 0.538. The van der Waals surface area contributed by atoms with E-state index in [1.54, 1.807) is 24.3 Å². The summed E-state index contributed by atoms with van der Waals surface area (Å²) < 4.78 is 1.89. The molecule has 0 fully saturated rings. The number of nitrogens with zero attached hydrogens (tertiary/aromatic N) is 2. The van der Waals surface area contributed by atoms with E-state index in [1.165, 1.54) is 11.3 Å². The predicted octanol–water partition coefficient (Wildman–Crippen LogP) is 3.45. The Bertz CT molecular complexity index is 1120. The highest BCUT2D eigenvalue weighted by molar-refractivity contribution is 7.19. The molecule has 0 saturated heterocycles. The fourth-order valence-corrected chi connectivity index (χ4v) is 3.75. The van der Waals surface area contributed by atoms with Crippen LogP contribution in [0.5, 0.6) is 0 Å². The Kier molecular flexibility index (Phi) is 4.43. The number of carbonyl (C=O) groups excluding carboxylic acids is 2. The summed E-state index contributed by atoms with van der Waals surface area (Å²) in [7, 11) is 0. The molecule has 0 aliphatic carbocycles. The molecule has 0 spiro atoms. The van der Waals surface area contributed by atoms with Crippen molar-refractivity contribution in [2.75, 3.05) is 0 Å². The van der Waals surface area contributed by atoms with Gasteiger partial charge in [0.05, 0.1) is 5.69 Å². The molecule has 0 saturated carbocycles. The fourth-order valence-electron chi connectivity index (χ4n) is 2.74. The Balaban J connectivity index is 1.52. The number of hydrogen-bond donors (Lipinski definition) is 2. The number of aryl methyl sites for hydroxylation is 1. The first-order valence-corrected chi connectivity index (χ1v) is 9.15. The topological polar surface area (TPSA) is 75.5 Å². The lowest BCUT2D eigenvalue weighted by Gasteiger charge is -2.06. The SMILES string of the molecule is Cc1c(C(=O)NNC(=O)c2ccccc2)sc2nc(-c3ccccc3)cn12. The number of imidazole rings is 1. The van der Waals surface area contributed by atoms with Crippen molar-refractivity contribution in [3.63, 3.8) is 0 Å². The first-order valence-electron chi connectivity index (χ1n) is 8.33. The summed E-state index contributed by atoms with van der Waals surface area (Å²) in [4.78, 5) is 30.4. The Hall–Kier alpha value is -3.45. The Morgan fingerprint density at radius 2 is 1.56 bits per heavy atom. The molecule has 0 bridgehead atoms. The molecule has 27 heavy (non-hydrogen) atoms. The van der Waals surface area contributed by atoms with Crippen LogP contribution >= 0.6 is 11.3 Å². The number of fused-ring (bicyclic) bond motifs is 1. The second kappa shape index (κ2) is 7.05. The van der Waals surface area contributed by atoms with Crippen LogP contribution in [-0.2, 0) is 0 Å². The van der Waals surface area contributed by atoms with E-state index < -0.39 is 0 Å². The molecule has 2 aromatic heterocycles. The maximum atomic E-state index is 12.5. The van der Waals surface area contributed by atoms with E-state index in [0.29, 0.717) is 10.4 Å². The zero-order valence-corrected chi connectivity index (χ0v) is 15.3. The zero-order valence-electron chi connectivity index (χ0n) is 14.5. The molecule has 134 valence electrons. The average Bonchev–Trinajstić information content (AvgIpc) is 3.27. The van der Waals surface area contributed by atoms with E-state index in [-0.39, 0.29) is 11.8 Å². The van der Waals surface area contributed by atoms with Crippen LogP contribution in [0.1, 0.15) is 25.7 Å². The molecule has 2 aromatic carbocycles. The van der Waals surface area contributed by atoms with Gasteiger partial charge < -0.3 is 0 Å². The maximum absolute atomic E-state index is 12.5. The number of nitrogens with one attached hydrogen (secondary N) is 2. The van der Waals surface area contributed by atoms with E-state index in [2.05, 4.69) is 15.8 Å². The number of amides is 2. The minimum Gasteiger partial charge on any atom is -0.293 e. The van der Waals surface area contributed by atoms with Gasteiger partial charge >= 0.3 is 0 Å². The van der Waals surface area contributed by atoms with E-state index in [1.807, 2.05) is 53.9 Å². The van der Waals surface area contributed by atoms with Crippen LogP contribution in [0.15, 0.2) is 66.9 Å². The van der Waals surface area contributed by atoms with Crippen molar-refractivity contribution in [1.29, 1.82) is 0 Å². The van der Waals surface area contributed by atoms with Crippen molar-refractivity contribution in [2.45, 2.75) is 6.92 Å². The van der Waals surface area contributed by atoms with Gasteiger partial charge in [-0.2, -0.15) is 0 Å². The number of aromatic nitrogens is 2. The minimum atomic E-state index is -0.367. The average molecular weight is 376 g/mol. The van der Waals surface area contributed by atoms with Crippen molar-refractivity contribution >= 4 is 28.1 Å². The lowest BCUT2D eigenvalue weighted by Crippen LogP contribution is -2.41. The second-order valence-corrected chi connectivity index (χ2v) is 6.91. The van der Waals surface area contributed by atoms with Crippen LogP contribution in [0.2, 0.25) is 0 Å². The van der Waals surface area contributed by atoms with Crippen molar-refractivity contribution < 1.29 is 9.59 Å². The largest absolute Gasteiger partial charge is 0.293 e. The van der Waals surface area contributed by atoms with Gasteiger partial charge in [0.2, 0.25) is 0 Å². The van der Waals surface area contributed by atoms with Gasteiger partial charge in [-0.25, -0.2) is 4.98 Å². The van der Waals surface area contributed by atoms with Crippen LogP contribution in [0.3, 0.4) is 0 Å². The molecular formula is C20H16N4O2S. The molecule has 6 nitrogen and oxygen atoms in total. The third kappa shape index (κ3) is 3.32. The van der Waals surface area contributed by atoms with E-state index in [0.717, 1.165) is 21.9 Å². The summed E-state index contributed by atoms with van der Waals surface area (Å²) in [6.45, 7) is 1.86. The smallest absolute Gasteiger partial charge is 0.281 e. The zero-order chi connectivity index (χ0) is 18.8. The van der Waals surface area contributed by atoms with Crippen molar-refractivity contribution in [3.05, 3.63) is 83.0 Å². The third-order valence-electron chi connectivity index (χ3n) is 4.16. The van der Waals surface area contributed by atoms with Gasteiger partial charge in [-0.3, -0.25) is 24.8 Å². The summed E-state index contributed by atoms with van der Waals surface area (Å²) in [5.41, 5.74) is 8.03. The molecule has 4 rings (SSSR count). The van der Waals surface area contributed by atoms with Gasteiger partial charge in [0.15, 0.2) is 4.96 Å². The summed E-state index contributed by atoms with van der Waals surface area (Å²) in [5, 5.41) is 0. The first kappa shape index (κ1) is 17.0. The van der Waals surface area contributed by atoms with Gasteiger partial charge in [-0.1, -0.05) is 59.9 Å². The van der Waals surface area contributed by atoms with Gasteiger partial charge in [0, 0.05) is 23.0 Å². The van der Waals surface area contributed by atoms with E-state index >= 15 is 0 Å². The fraction of sp³-hybridized carbons (Fsp3) is 0.0500. The third-order valence-corrected chi connectivity index (χ3v) is 5.31. The van der Waals surface area contributed by atoms with Crippen LogP contribution < -0.4 is 10.9 Å². The molecule has 0 atom stereocenters. The number of carbonyl (C=O) groups is 2. The van der Waals surface area contributed by atoms with E-state index in [4.69, 9.17) is 0 Å². The molecule has 0 aliphatic heterocycles. The van der Waals surface area contributed by atoms with Gasteiger partial charge in [0.25, 0.3) is 11.8 Å². The highest BCUT2D eigenvalue weighted by Gasteiger charge is 2.18. The number of hydrogen-bond acceptors (Lipinski definition) is 4. The Morgan fingerprint density at radius 3 is 2.22 bits per heavy atom. The molecule has 0 radical (unpaired) electrons. The first-order chi connectivity index (χ1) is 13.1. The molecule has 0 aliphatic rings. The predicted molar refractivity (Wildman–Crippen MR) is 105 cm³/mol. The molecule has 2 amide bonds. The van der Waals surface area contributed by atoms with Crippen molar-refractivity contribution in [2.24, 2.45) is 0 Å². The normalized spacial score (nSPS) is 10.7. The van der Waals surface area contributed by atoms with Crippen LogP contribution in [0.4, 0.5) is 0 Å². The molecular weight excluding hydrogens is 360 g/mol. The molecule has 0 unspecified atom stereocenters. The Labute approximate surface area is 159 Å². The highest BCUT2D eigenvalue weighted by Crippen LogP contribution is 2.26. The van der Waals surface area contributed by atoms with Gasteiger partial charge in [0.1, 0.15) is 4.88 Å². The van der Waals surface area contributed by atoms with Crippen LogP contribution in [0, 0.1) is 6.92 Å². The lowest BCUT2D eigenvalue weighted by molar-refractivity contribution is 0.0848. The number of benzene rings is 2. The summed E-state index contributed by atoms with van der Waals surface area (Å²) in [5.74, 6) is -0.733. The molecule has 2 N–H and O–H groups in total. The van der Waals surface area contributed by atoms with Gasteiger partial charge in [-0.15, -0.1) is 0 Å². The van der Waals surface area contributed by atoms with E-state index in [9.17, 15) is 9.59 Å². The number of thiazole rings is 1. The lowest BCUT2D eigenvalue weighted by atomic mass is 10.2. The molecule has 2 heterocycles. The van der Waals surface area contributed by atoms with Crippen LogP contribution in [0.25, 0.3) is 16.2 Å². The van der Waals surface area contributed by atoms with Crippen molar-refractivity contribution in [3.8, 4) is 11.3 Å². The maximum Gasteiger partial charge on any atom is 0.281 e. The molecule has 4 aromatic rings. The van der Waals surface area contributed by atoms with Crippen molar-refractivity contribution in [1.82, 2.24) is 20.2 Å². The summed E-state index contributed by atoms with van der Waals surface area (Å²) in [6.07, 6.45) is 1.91.